The molecule has 1 aliphatic carbocycles. The zero-order chi connectivity index (χ0) is 20.4. The summed E-state index contributed by atoms with van der Waals surface area (Å²) in [7, 11) is 3.51. The molecule has 0 bridgehead atoms. The van der Waals surface area contributed by atoms with Crippen LogP contribution in [0.5, 0.6) is 0 Å². The number of carbonyl (C=O) groups is 3. The molecule has 0 saturated carbocycles. The van der Waals surface area contributed by atoms with E-state index in [1.807, 2.05) is 11.9 Å². The smallest absolute Gasteiger partial charge is 0.404 e. The summed E-state index contributed by atoms with van der Waals surface area (Å²) in [6.07, 6.45) is 4.35. The summed E-state index contributed by atoms with van der Waals surface area (Å²) in [6.45, 7) is 2.12. The number of hydrogen-bond donors (Lipinski definition) is 2. The summed E-state index contributed by atoms with van der Waals surface area (Å²) < 4.78 is 11.1. The highest BCUT2D eigenvalue weighted by atomic mass is 16.6. The van der Waals surface area contributed by atoms with Crippen LogP contribution in [0.4, 0.5) is 4.79 Å². The van der Waals surface area contributed by atoms with Crippen molar-refractivity contribution in [2.45, 2.75) is 24.7 Å². The highest BCUT2D eigenvalue weighted by Gasteiger charge is 2.75. The van der Waals surface area contributed by atoms with Gasteiger partial charge in [0.15, 0.2) is 5.72 Å². The number of Topliss-reactive ketones (excluding diaryl/α,β-unsaturated/α-hetero) is 2. The average Bonchev–Trinajstić information content (AvgIpc) is 3.04. The Bertz CT molecular complexity index is 900. The zero-order valence-electron chi connectivity index (χ0n) is 15.9. The van der Waals surface area contributed by atoms with Gasteiger partial charge in [0, 0.05) is 30.8 Å². The lowest BCUT2D eigenvalue weighted by atomic mass is 9.82. The van der Waals surface area contributed by atoms with E-state index in [-0.39, 0.29) is 48.1 Å². The second-order valence-corrected chi connectivity index (χ2v) is 7.41. The van der Waals surface area contributed by atoms with Gasteiger partial charge < -0.3 is 25.4 Å². The van der Waals surface area contributed by atoms with Gasteiger partial charge in [-0.25, -0.2) is 4.79 Å². The van der Waals surface area contributed by atoms with Gasteiger partial charge in [0.05, 0.1) is 29.9 Å². The number of methoxy groups -OCH3 is 1. The number of ether oxygens (including phenoxy) is 2. The number of nitrogens with one attached hydrogen (secondary N) is 1. The van der Waals surface area contributed by atoms with E-state index in [1.54, 1.807) is 14.0 Å². The fourth-order valence-corrected chi connectivity index (χ4v) is 5.07. The Kier molecular flexibility index (Phi) is 4.03. The number of piperazine rings is 1. The quantitative estimate of drug-likeness (QED) is 0.350. The lowest BCUT2D eigenvalue weighted by Gasteiger charge is -2.40. The molecule has 0 aromatic carbocycles. The van der Waals surface area contributed by atoms with Crippen molar-refractivity contribution in [2.75, 3.05) is 33.9 Å². The number of carbonyl (C=O) groups excluding carboxylic acids is 3. The van der Waals surface area contributed by atoms with Crippen molar-refractivity contribution >= 4 is 17.7 Å². The fourth-order valence-electron chi connectivity index (χ4n) is 5.07. The monoisotopic (exact) mass is 386 g/mol. The van der Waals surface area contributed by atoms with E-state index in [0.717, 1.165) is 0 Å². The Balaban J connectivity index is 1.81. The van der Waals surface area contributed by atoms with Gasteiger partial charge in [0.1, 0.15) is 6.61 Å². The third-order valence-electron chi connectivity index (χ3n) is 6.31. The molecule has 3 N–H and O–H groups in total. The molecule has 2 unspecified atom stereocenters. The molecule has 3 heterocycles. The number of allylic oxidation sites excluding steroid dienone is 2. The number of fused-ring (bicyclic) bond motifs is 4. The molecule has 2 fully saturated rings. The minimum atomic E-state index is -0.966. The lowest BCUT2D eigenvalue weighted by molar-refractivity contribution is -0.144. The molecule has 3 aliphatic heterocycles. The summed E-state index contributed by atoms with van der Waals surface area (Å²) in [5.74, 6) is 1.18. The van der Waals surface area contributed by atoms with Crippen LogP contribution in [0.3, 0.4) is 0 Å². The molecular formula is C19H22N4O5. The predicted octanol–water partition coefficient (Wildman–Crippen LogP) is -1.04. The first-order chi connectivity index (χ1) is 13.3. The van der Waals surface area contributed by atoms with E-state index in [4.69, 9.17) is 21.6 Å². The van der Waals surface area contributed by atoms with Gasteiger partial charge in [-0.3, -0.25) is 14.5 Å². The molecule has 148 valence electrons. The minimum absolute atomic E-state index is 0.0207. The maximum atomic E-state index is 13.3. The van der Waals surface area contributed by atoms with Crippen LogP contribution >= 0.6 is 0 Å². The second kappa shape index (κ2) is 6.09. The molecule has 0 aromatic heterocycles. The van der Waals surface area contributed by atoms with E-state index in [1.165, 1.54) is 0 Å². The Morgan fingerprint density at radius 1 is 1.43 bits per heavy atom. The molecule has 1 amide bonds. The number of amides is 1. The van der Waals surface area contributed by atoms with E-state index in [0.29, 0.717) is 17.8 Å². The van der Waals surface area contributed by atoms with Crippen LogP contribution in [0, 0.1) is 18.3 Å². The van der Waals surface area contributed by atoms with Crippen LogP contribution in [0.15, 0.2) is 22.5 Å². The van der Waals surface area contributed by atoms with Gasteiger partial charge in [0.2, 0.25) is 11.6 Å². The minimum Gasteiger partial charge on any atom is -0.449 e. The summed E-state index contributed by atoms with van der Waals surface area (Å²) in [5.41, 5.74) is 5.32. The van der Waals surface area contributed by atoms with Gasteiger partial charge in [-0.15, -0.1) is 6.42 Å². The summed E-state index contributed by atoms with van der Waals surface area (Å²) in [6, 6.07) is 0.186. The molecule has 28 heavy (non-hydrogen) atoms. The number of rotatable bonds is 5. The molecule has 0 spiro atoms. The van der Waals surface area contributed by atoms with Crippen molar-refractivity contribution < 1.29 is 23.9 Å². The van der Waals surface area contributed by atoms with E-state index < -0.39 is 17.7 Å². The lowest BCUT2D eigenvalue weighted by Crippen LogP contribution is -2.55. The third-order valence-corrected chi connectivity index (χ3v) is 6.31. The fraction of sp³-hybridized carbons (Fsp3) is 0.526. The van der Waals surface area contributed by atoms with E-state index in [2.05, 4.69) is 16.1 Å². The van der Waals surface area contributed by atoms with Crippen LogP contribution in [0.2, 0.25) is 0 Å². The summed E-state index contributed by atoms with van der Waals surface area (Å²) in [5, 5.41) is 2.86. The van der Waals surface area contributed by atoms with Gasteiger partial charge in [0.25, 0.3) is 0 Å². The van der Waals surface area contributed by atoms with Crippen molar-refractivity contribution in [1.82, 2.24) is 15.1 Å². The molecule has 2 saturated heterocycles. The number of nitrogens with zero attached hydrogens (tertiary/aromatic N) is 2. The number of hydrogen-bond acceptors (Lipinski definition) is 8. The largest absolute Gasteiger partial charge is 0.449 e. The predicted molar refractivity (Wildman–Crippen MR) is 97.4 cm³/mol. The molecule has 9 heteroatoms. The van der Waals surface area contributed by atoms with Gasteiger partial charge in [-0.05, 0) is 14.0 Å². The van der Waals surface area contributed by atoms with Gasteiger partial charge in [-0.1, -0.05) is 5.92 Å². The topological polar surface area (TPSA) is 114 Å². The van der Waals surface area contributed by atoms with Crippen molar-refractivity contribution in [2.24, 2.45) is 11.7 Å². The normalized spacial score (nSPS) is 35.4. The molecule has 5 atom stereocenters. The number of ketones is 2. The molecular weight excluding hydrogens is 364 g/mol. The van der Waals surface area contributed by atoms with Crippen molar-refractivity contribution in [3.63, 3.8) is 0 Å². The average molecular weight is 386 g/mol. The van der Waals surface area contributed by atoms with Crippen LogP contribution in [0.1, 0.15) is 6.92 Å². The highest BCUT2D eigenvalue weighted by molar-refractivity contribution is 6.25. The molecule has 4 aliphatic rings. The molecule has 9 nitrogen and oxygen atoms in total. The van der Waals surface area contributed by atoms with Crippen LogP contribution in [-0.2, 0) is 19.1 Å². The number of likely N-dealkylation sites (N-methyl/N-ethyl adjacent to an activating group) is 1. The number of terminal acetylenes is 1. The van der Waals surface area contributed by atoms with E-state index in [9.17, 15) is 14.4 Å². The summed E-state index contributed by atoms with van der Waals surface area (Å²) in [4.78, 5) is 41.8. The van der Waals surface area contributed by atoms with Gasteiger partial charge in [-0.2, -0.15) is 0 Å². The Morgan fingerprint density at radius 3 is 2.75 bits per heavy atom. The Labute approximate surface area is 162 Å². The standard InChI is InChI=1S/C19H22N4O5/c1-5-6-21-13-9(2)15(24)14-12(16(13)25)10(8-28-18(20)26)19(27-4)17-11(22(17)3)7-23(14)19/h1,10-11,17,21H,6-8H2,2-4H3,(H2,20,26)/t10-,11+,17+,19?,22?/m0/s1. The van der Waals surface area contributed by atoms with E-state index >= 15 is 0 Å². The Hall–Kier alpha value is -2.83. The van der Waals surface area contributed by atoms with Crippen molar-refractivity contribution in [3.05, 3.63) is 22.5 Å². The molecule has 0 radical (unpaired) electrons. The molecule has 0 aromatic rings. The molecule has 4 rings (SSSR count). The first-order valence-electron chi connectivity index (χ1n) is 8.99. The van der Waals surface area contributed by atoms with Crippen molar-refractivity contribution in [1.29, 1.82) is 0 Å². The third kappa shape index (κ3) is 2.13. The maximum absolute atomic E-state index is 13.3. The Morgan fingerprint density at radius 2 is 2.14 bits per heavy atom. The van der Waals surface area contributed by atoms with Crippen LogP contribution < -0.4 is 11.1 Å². The van der Waals surface area contributed by atoms with Gasteiger partial charge >= 0.3 is 6.09 Å². The van der Waals surface area contributed by atoms with Crippen LogP contribution in [-0.4, -0.2) is 79.1 Å². The SMILES string of the molecule is C#CCNC1=C(C)C(=O)C2=C(C1=O)[C@H](COC(N)=O)C1(OC)[C@H]3[C@@H](CN21)N3C. The van der Waals surface area contributed by atoms with Crippen LogP contribution in [0.25, 0.3) is 0 Å². The first kappa shape index (κ1) is 18.5. The highest BCUT2D eigenvalue weighted by Crippen LogP contribution is 2.59. The maximum Gasteiger partial charge on any atom is 0.404 e. The zero-order valence-corrected chi connectivity index (χ0v) is 15.9. The second-order valence-electron chi connectivity index (χ2n) is 7.41. The van der Waals surface area contributed by atoms with Crippen molar-refractivity contribution in [3.8, 4) is 12.3 Å². The number of nitrogens with two attached hydrogens (primary N) is 1. The first-order valence-corrected chi connectivity index (χ1v) is 8.99. The summed E-state index contributed by atoms with van der Waals surface area (Å²) >= 11 is 0. The number of primary amides is 1.